The maximum atomic E-state index is 13.6. The number of rotatable bonds is 5. The summed E-state index contributed by atoms with van der Waals surface area (Å²) in [6.07, 6.45) is 0.900. The number of amides is 1. The van der Waals surface area contributed by atoms with Crippen LogP contribution in [0.2, 0.25) is 0 Å². The van der Waals surface area contributed by atoms with Gasteiger partial charge in [-0.05, 0) is 36.6 Å². The molecule has 1 atom stereocenters. The van der Waals surface area contributed by atoms with Crippen molar-refractivity contribution in [1.82, 2.24) is 5.32 Å². The van der Waals surface area contributed by atoms with E-state index in [2.05, 4.69) is 10.2 Å². The highest BCUT2D eigenvalue weighted by atomic mass is 19.1. The lowest BCUT2D eigenvalue weighted by atomic mass is 10.1. The SMILES string of the molecule is COc1cccc(N2CC[C@H](CNC(=O)c3c(F)cccc3F)C2)c1. The Morgan fingerprint density at radius 2 is 1.96 bits per heavy atom. The molecular weight excluding hydrogens is 326 g/mol. The van der Waals surface area contributed by atoms with E-state index in [-0.39, 0.29) is 5.92 Å². The number of carbonyl (C=O) groups excluding carboxylic acids is 1. The lowest BCUT2D eigenvalue weighted by Gasteiger charge is -2.19. The van der Waals surface area contributed by atoms with Crippen molar-refractivity contribution in [1.29, 1.82) is 0 Å². The molecular formula is C19H20F2N2O2. The minimum atomic E-state index is -0.845. The van der Waals surface area contributed by atoms with Crippen LogP contribution in [0.25, 0.3) is 0 Å². The Kier molecular flexibility index (Phi) is 5.16. The summed E-state index contributed by atoms with van der Waals surface area (Å²) in [6, 6.07) is 11.2. The van der Waals surface area contributed by atoms with E-state index >= 15 is 0 Å². The highest BCUT2D eigenvalue weighted by Gasteiger charge is 2.24. The average molecular weight is 346 g/mol. The Hall–Kier alpha value is -2.63. The van der Waals surface area contributed by atoms with Crippen molar-refractivity contribution in [2.45, 2.75) is 6.42 Å². The molecule has 1 heterocycles. The zero-order valence-corrected chi connectivity index (χ0v) is 14.0. The molecule has 6 heteroatoms. The molecule has 2 aromatic rings. The third-order valence-corrected chi connectivity index (χ3v) is 4.45. The van der Waals surface area contributed by atoms with E-state index in [4.69, 9.17) is 4.74 Å². The van der Waals surface area contributed by atoms with Crippen LogP contribution in [0.5, 0.6) is 5.75 Å². The molecule has 4 nitrogen and oxygen atoms in total. The molecule has 1 N–H and O–H groups in total. The van der Waals surface area contributed by atoms with Crippen molar-refractivity contribution in [2.24, 2.45) is 5.92 Å². The minimum absolute atomic E-state index is 0.227. The van der Waals surface area contributed by atoms with Gasteiger partial charge in [0.25, 0.3) is 5.91 Å². The number of anilines is 1. The fourth-order valence-electron chi connectivity index (χ4n) is 3.08. The summed E-state index contributed by atoms with van der Waals surface area (Å²) in [5.74, 6) is -1.38. The zero-order valence-electron chi connectivity index (χ0n) is 14.0. The number of halogens is 2. The predicted octanol–water partition coefficient (Wildman–Crippen LogP) is 3.23. The Morgan fingerprint density at radius 1 is 1.24 bits per heavy atom. The third-order valence-electron chi connectivity index (χ3n) is 4.45. The van der Waals surface area contributed by atoms with Gasteiger partial charge < -0.3 is 15.0 Å². The second-order valence-corrected chi connectivity index (χ2v) is 6.11. The molecule has 1 aliphatic heterocycles. The quantitative estimate of drug-likeness (QED) is 0.904. The summed E-state index contributed by atoms with van der Waals surface area (Å²) >= 11 is 0. The van der Waals surface area contributed by atoms with Gasteiger partial charge in [-0.1, -0.05) is 12.1 Å². The number of ether oxygens (including phenoxy) is 1. The summed E-state index contributed by atoms with van der Waals surface area (Å²) in [5, 5.41) is 2.65. The predicted molar refractivity (Wildman–Crippen MR) is 92.0 cm³/mol. The number of nitrogens with one attached hydrogen (secondary N) is 1. The largest absolute Gasteiger partial charge is 0.497 e. The monoisotopic (exact) mass is 346 g/mol. The fraction of sp³-hybridized carbons (Fsp3) is 0.316. The van der Waals surface area contributed by atoms with E-state index in [1.54, 1.807) is 7.11 Å². The number of carbonyl (C=O) groups is 1. The van der Waals surface area contributed by atoms with Gasteiger partial charge in [-0.2, -0.15) is 0 Å². The molecule has 2 aromatic carbocycles. The molecule has 25 heavy (non-hydrogen) atoms. The molecule has 0 aliphatic carbocycles. The first kappa shape index (κ1) is 17.2. The van der Waals surface area contributed by atoms with Crippen LogP contribution in [-0.2, 0) is 0 Å². The van der Waals surface area contributed by atoms with Crippen molar-refractivity contribution < 1.29 is 18.3 Å². The van der Waals surface area contributed by atoms with Crippen molar-refractivity contribution in [2.75, 3.05) is 31.6 Å². The molecule has 1 fully saturated rings. The van der Waals surface area contributed by atoms with Gasteiger partial charge in [0.15, 0.2) is 0 Å². The standard InChI is InChI=1S/C19H20F2N2O2/c1-25-15-5-2-4-14(10-15)23-9-8-13(12-23)11-22-19(24)18-16(20)6-3-7-17(18)21/h2-7,10,13H,8-9,11-12H2,1H3,(H,22,24)/t13-/m1/s1. The molecule has 0 aromatic heterocycles. The van der Waals surface area contributed by atoms with Gasteiger partial charge in [0.2, 0.25) is 0 Å². The second kappa shape index (κ2) is 7.51. The van der Waals surface area contributed by atoms with E-state index in [9.17, 15) is 13.6 Å². The van der Waals surface area contributed by atoms with Crippen molar-refractivity contribution in [3.63, 3.8) is 0 Å². The summed E-state index contributed by atoms with van der Waals surface area (Å²) in [5.41, 5.74) is 0.540. The van der Waals surface area contributed by atoms with E-state index in [0.29, 0.717) is 6.54 Å². The van der Waals surface area contributed by atoms with Crippen LogP contribution in [-0.4, -0.2) is 32.7 Å². The maximum absolute atomic E-state index is 13.6. The topological polar surface area (TPSA) is 41.6 Å². The van der Waals surface area contributed by atoms with Crippen LogP contribution in [0.1, 0.15) is 16.8 Å². The molecule has 0 spiro atoms. The normalized spacial score (nSPS) is 16.8. The Balaban J connectivity index is 1.57. The highest BCUT2D eigenvalue weighted by Crippen LogP contribution is 2.26. The average Bonchev–Trinajstić information content (AvgIpc) is 3.09. The Morgan fingerprint density at radius 3 is 2.68 bits per heavy atom. The van der Waals surface area contributed by atoms with Crippen LogP contribution in [0.4, 0.5) is 14.5 Å². The van der Waals surface area contributed by atoms with E-state index in [0.717, 1.165) is 43.1 Å². The third kappa shape index (κ3) is 3.90. The zero-order chi connectivity index (χ0) is 17.8. The van der Waals surface area contributed by atoms with Gasteiger partial charge in [0, 0.05) is 31.4 Å². The molecule has 3 rings (SSSR count). The van der Waals surface area contributed by atoms with Gasteiger partial charge in [0.05, 0.1) is 7.11 Å². The summed E-state index contributed by atoms with van der Waals surface area (Å²) < 4.78 is 32.5. The summed E-state index contributed by atoms with van der Waals surface area (Å²) in [6.45, 7) is 2.02. The van der Waals surface area contributed by atoms with Gasteiger partial charge in [0.1, 0.15) is 22.9 Å². The van der Waals surface area contributed by atoms with Crippen LogP contribution in [0, 0.1) is 17.6 Å². The lowest BCUT2D eigenvalue weighted by Crippen LogP contribution is -2.32. The summed E-state index contributed by atoms with van der Waals surface area (Å²) in [7, 11) is 1.63. The van der Waals surface area contributed by atoms with Gasteiger partial charge in [-0.25, -0.2) is 8.78 Å². The minimum Gasteiger partial charge on any atom is -0.497 e. The first-order valence-electron chi connectivity index (χ1n) is 8.19. The van der Waals surface area contributed by atoms with Crippen LogP contribution in [0.15, 0.2) is 42.5 Å². The van der Waals surface area contributed by atoms with E-state index in [1.165, 1.54) is 6.07 Å². The maximum Gasteiger partial charge on any atom is 0.257 e. The molecule has 1 saturated heterocycles. The molecule has 1 aliphatic rings. The van der Waals surface area contributed by atoms with Gasteiger partial charge in [-0.15, -0.1) is 0 Å². The second-order valence-electron chi connectivity index (χ2n) is 6.11. The van der Waals surface area contributed by atoms with Gasteiger partial charge in [-0.3, -0.25) is 4.79 Å². The van der Waals surface area contributed by atoms with Crippen LogP contribution in [0.3, 0.4) is 0 Å². The number of hydrogen-bond acceptors (Lipinski definition) is 3. The van der Waals surface area contributed by atoms with Crippen molar-refractivity contribution >= 4 is 11.6 Å². The van der Waals surface area contributed by atoms with Gasteiger partial charge >= 0.3 is 0 Å². The van der Waals surface area contributed by atoms with E-state index < -0.39 is 23.1 Å². The molecule has 1 amide bonds. The lowest BCUT2D eigenvalue weighted by molar-refractivity contribution is 0.0940. The fourth-order valence-corrected chi connectivity index (χ4v) is 3.08. The molecule has 0 bridgehead atoms. The van der Waals surface area contributed by atoms with Crippen molar-refractivity contribution in [3.05, 3.63) is 59.7 Å². The first-order chi connectivity index (χ1) is 12.1. The number of methoxy groups -OCH3 is 1. The number of nitrogens with zero attached hydrogens (tertiary/aromatic N) is 1. The highest BCUT2D eigenvalue weighted by molar-refractivity contribution is 5.94. The van der Waals surface area contributed by atoms with Crippen molar-refractivity contribution in [3.8, 4) is 5.75 Å². The summed E-state index contributed by atoms with van der Waals surface area (Å²) in [4.78, 5) is 14.3. The molecule has 132 valence electrons. The molecule has 0 radical (unpaired) electrons. The molecule has 0 unspecified atom stereocenters. The Bertz CT molecular complexity index is 747. The number of benzene rings is 2. The Labute approximate surface area is 145 Å². The molecule has 0 saturated carbocycles. The van der Waals surface area contributed by atoms with Crippen LogP contribution >= 0.6 is 0 Å². The van der Waals surface area contributed by atoms with Crippen LogP contribution < -0.4 is 15.0 Å². The van der Waals surface area contributed by atoms with E-state index in [1.807, 2.05) is 24.3 Å². The first-order valence-corrected chi connectivity index (χ1v) is 8.19. The number of hydrogen-bond donors (Lipinski definition) is 1. The smallest absolute Gasteiger partial charge is 0.257 e.